The topological polar surface area (TPSA) is 63.8 Å². The van der Waals surface area contributed by atoms with Crippen molar-refractivity contribution in [3.8, 4) is 17.1 Å². The Morgan fingerprint density at radius 2 is 1.76 bits per heavy atom. The third kappa shape index (κ3) is 4.15. The fourth-order valence-electron chi connectivity index (χ4n) is 2.97. The zero-order valence-electron chi connectivity index (χ0n) is 15.6. The number of nitrogens with one attached hydrogen (secondary N) is 1. The Morgan fingerprint density at radius 1 is 1.03 bits per heavy atom. The van der Waals surface area contributed by atoms with E-state index < -0.39 is 0 Å². The highest BCUT2D eigenvalue weighted by Gasteiger charge is 2.13. The Balaban J connectivity index is 1.49. The molecule has 0 saturated carbocycles. The smallest absolute Gasteiger partial charge is 0.275 e. The lowest BCUT2D eigenvalue weighted by Gasteiger charge is -2.09. The van der Waals surface area contributed by atoms with Crippen molar-refractivity contribution in [3.63, 3.8) is 0 Å². The van der Waals surface area contributed by atoms with Crippen molar-refractivity contribution in [2.24, 2.45) is 5.10 Å². The highest BCUT2D eigenvalue weighted by molar-refractivity contribution is 6.30. The predicted molar refractivity (Wildman–Crippen MR) is 115 cm³/mol. The van der Waals surface area contributed by atoms with Gasteiger partial charge in [0.1, 0.15) is 17.3 Å². The van der Waals surface area contributed by atoms with Crippen LogP contribution in [0.2, 0.25) is 5.02 Å². The largest absolute Gasteiger partial charge is 0.496 e. The second-order valence-corrected chi connectivity index (χ2v) is 6.74. The van der Waals surface area contributed by atoms with Gasteiger partial charge in [-0.15, -0.1) is 0 Å². The second-order valence-electron chi connectivity index (χ2n) is 6.31. The summed E-state index contributed by atoms with van der Waals surface area (Å²) >= 11 is 5.91. The molecular formula is C23H17ClN2O3. The standard InChI is InChI=1S/C23H17ClN2O3/c1-28-22-13-17-5-3-2-4-16(17)12-20(22)23(27)26-25-14-19-10-11-21(29-19)15-6-8-18(24)9-7-15/h2-14H,1H3,(H,26,27)/b25-14-. The first-order valence-electron chi connectivity index (χ1n) is 8.90. The van der Waals surface area contributed by atoms with E-state index in [1.54, 1.807) is 24.3 Å². The number of carbonyl (C=O) groups excluding carboxylic acids is 1. The van der Waals surface area contributed by atoms with Crippen LogP contribution in [0.4, 0.5) is 0 Å². The molecule has 1 aromatic heterocycles. The van der Waals surface area contributed by atoms with Crippen molar-refractivity contribution in [2.75, 3.05) is 7.11 Å². The quantitative estimate of drug-likeness (QED) is 0.351. The van der Waals surface area contributed by atoms with Crippen molar-refractivity contribution in [1.29, 1.82) is 0 Å². The number of rotatable bonds is 5. The van der Waals surface area contributed by atoms with E-state index in [2.05, 4.69) is 10.5 Å². The van der Waals surface area contributed by atoms with Crippen LogP contribution in [-0.4, -0.2) is 19.2 Å². The summed E-state index contributed by atoms with van der Waals surface area (Å²) in [7, 11) is 1.53. The highest BCUT2D eigenvalue weighted by atomic mass is 35.5. The van der Waals surface area contributed by atoms with Crippen LogP contribution >= 0.6 is 11.6 Å². The lowest BCUT2D eigenvalue weighted by atomic mass is 10.1. The summed E-state index contributed by atoms with van der Waals surface area (Å²) in [5.41, 5.74) is 3.83. The van der Waals surface area contributed by atoms with E-state index in [1.165, 1.54) is 13.3 Å². The minimum atomic E-state index is -0.367. The summed E-state index contributed by atoms with van der Waals surface area (Å²) < 4.78 is 11.1. The third-order valence-corrected chi connectivity index (χ3v) is 4.68. The van der Waals surface area contributed by atoms with Gasteiger partial charge >= 0.3 is 0 Å². The van der Waals surface area contributed by atoms with Gasteiger partial charge in [0, 0.05) is 10.6 Å². The number of carbonyl (C=O) groups is 1. The summed E-state index contributed by atoms with van der Waals surface area (Å²) in [4.78, 5) is 12.6. The number of halogens is 1. The van der Waals surface area contributed by atoms with Gasteiger partial charge in [0.15, 0.2) is 0 Å². The molecule has 0 saturated heterocycles. The molecule has 4 aromatic rings. The fraction of sp³-hybridized carbons (Fsp3) is 0.0435. The SMILES string of the molecule is COc1cc2ccccc2cc1C(=O)N/N=C\c1ccc(-c2ccc(Cl)cc2)o1. The molecule has 144 valence electrons. The van der Waals surface area contributed by atoms with Gasteiger partial charge < -0.3 is 9.15 Å². The number of ether oxygens (including phenoxy) is 1. The van der Waals surface area contributed by atoms with Gasteiger partial charge in [-0.05, 0) is 59.3 Å². The minimum Gasteiger partial charge on any atom is -0.496 e. The van der Waals surface area contributed by atoms with Crippen LogP contribution in [0.3, 0.4) is 0 Å². The second kappa shape index (κ2) is 8.20. The molecule has 5 nitrogen and oxygen atoms in total. The average Bonchev–Trinajstić information content (AvgIpc) is 3.22. The predicted octanol–water partition coefficient (Wildman–Crippen LogP) is 5.53. The van der Waals surface area contributed by atoms with E-state index in [-0.39, 0.29) is 5.91 Å². The summed E-state index contributed by atoms with van der Waals surface area (Å²) in [5.74, 6) is 1.32. The third-order valence-electron chi connectivity index (χ3n) is 4.43. The number of hydrazone groups is 1. The molecular weight excluding hydrogens is 388 g/mol. The minimum absolute atomic E-state index is 0.367. The molecule has 0 aliphatic rings. The van der Waals surface area contributed by atoms with Gasteiger partial charge in [0.05, 0.1) is 18.9 Å². The average molecular weight is 405 g/mol. The van der Waals surface area contributed by atoms with E-state index in [0.717, 1.165) is 16.3 Å². The Hall–Kier alpha value is -3.57. The zero-order chi connectivity index (χ0) is 20.2. The van der Waals surface area contributed by atoms with Crippen molar-refractivity contribution in [2.45, 2.75) is 0 Å². The van der Waals surface area contributed by atoms with Crippen molar-refractivity contribution >= 4 is 34.5 Å². The summed E-state index contributed by atoms with van der Waals surface area (Å²) in [6.45, 7) is 0. The lowest BCUT2D eigenvalue weighted by Crippen LogP contribution is -2.18. The maximum absolute atomic E-state index is 12.6. The van der Waals surface area contributed by atoms with Gasteiger partial charge in [-0.3, -0.25) is 4.79 Å². The molecule has 0 bridgehead atoms. The summed E-state index contributed by atoms with van der Waals surface area (Å²) in [6, 6.07) is 22.3. The number of amides is 1. The zero-order valence-corrected chi connectivity index (χ0v) is 16.3. The number of furan rings is 1. The Morgan fingerprint density at radius 3 is 2.48 bits per heavy atom. The Kier molecular flexibility index (Phi) is 5.31. The van der Waals surface area contributed by atoms with Gasteiger partial charge in [0.25, 0.3) is 5.91 Å². The molecule has 0 radical (unpaired) electrons. The number of hydrogen-bond acceptors (Lipinski definition) is 4. The summed E-state index contributed by atoms with van der Waals surface area (Å²) in [6.07, 6.45) is 1.45. The molecule has 3 aromatic carbocycles. The van der Waals surface area contributed by atoms with Crippen LogP contribution in [0, 0.1) is 0 Å². The molecule has 6 heteroatoms. The van der Waals surface area contributed by atoms with Crippen LogP contribution in [0.15, 0.2) is 82.3 Å². The van der Waals surface area contributed by atoms with Gasteiger partial charge in [-0.25, -0.2) is 5.43 Å². The van der Waals surface area contributed by atoms with Crippen LogP contribution < -0.4 is 10.2 Å². The molecule has 4 rings (SSSR count). The van der Waals surface area contributed by atoms with E-state index in [1.807, 2.05) is 48.5 Å². The molecule has 0 unspecified atom stereocenters. The first kappa shape index (κ1) is 18.8. The number of nitrogens with zero attached hydrogens (tertiary/aromatic N) is 1. The van der Waals surface area contributed by atoms with Crippen LogP contribution in [-0.2, 0) is 0 Å². The summed E-state index contributed by atoms with van der Waals surface area (Å²) in [5, 5.41) is 6.60. The van der Waals surface area contributed by atoms with Crippen LogP contribution in [0.5, 0.6) is 5.75 Å². The van der Waals surface area contributed by atoms with E-state index in [4.69, 9.17) is 20.8 Å². The number of methoxy groups -OCH3 is 1. The monoisotopic (exact) mass is 404 g/mol. The van der Waals surface area contributed by atoms with E-state index >= 15 is 0 Å². The number of benzene rings is 3. The van der Waals surface area contributed by atoms with Crippen molar-refractivity contribution in [1.82, 2.24) is 5.43 Å². The molecule has 0 aliphatic carbocycles. The van der Waals surface area contributed by atoms with Crippen molar-refractivity contribution in [3.05, 3.63) is 89.1 Å². The lowest BCUT2D eigenvalue weighted by molar-refractivity contribution is 0.0952. The van der Waals surface area contributed by atoms with Gasteiger partial charge in [0.2, 0.25) is 0 Å². The molecule has 1 N–H and O–H groups in total. The van der Waals surface area contributed by atoms with Gasteiger partial charge in [-0.1, -0.05) is 35.9 Å². The maximum atomic E-state index is 12.6. The highest BCUT2D eigenvalue weighted by Crippen LogP contribution is 2.26. The number of hydrogen-bond donors (Lipinski definition) is 1. The van der Waals surface area contributed by atoms with E-state index in [9.17, 15) is 4.79 Å². The Labute approximate surface area is 172 Å². The molecule has 29 heavy (non-hydrogen) atoms. The first-order chi connectivity index (χ1) is 14.1. The molecule has 0 atom stereocenters. The van der Waals surface area contributed by atoms with Crippen molar-refractivity contribution < 1.29 is 13.9 Å². The normalized spacial score (nSPS) is 11.1. The van der Waals surface area contributed by atoms with Gasteiger partial charge in [-0.2, -0.15) is 5.10 Å². The molecule has 1 amide bonds. The molecule has 0 spiro atoms. The first-order valence-corrected chi connectivity index (χ1v) is 9.28. The molecule has 0 aliphatic heterocycles. The fourth-order valence-corrected chi connectivity index (χ4v) is 3.10. The molecule has 0 fully saturated rings. The molecule has 1 heterocycles. The number of fused-ring (bicyclic) bond motifs is 1. The van der Waals surface area contributed by atoms with Crippen LogP contribution in [0.25, 0.3) is 22.1 Å². The van der Waals surface area contributed by atoms with E-state index in [0.29, 0.717) is 27.9 Å². The van der Waals surface area contributed by atoms with Crippen LogP contribution in [0.1, 0.15) is 16.1 Å². The Bertz CT molecular complexity index is 1200. The maximum Gasteiger partial charge on any atom is 0.275 e.